The number of halogens is 1. The molecule has 47 heavy (non-hydrogen) atoms. The summed E-state index contributed by atoms with van der Waals surface area (Å²) in [6.45, 7) is 0.311. The molecule has 7 rings (SSSR count). The molecule has 0 bridgehead atoms. The molecule has 5 aromatic carbocycles. The topological polar surface area (TPSA) is 87.1 Å². The summed E-state index contributed by atoms with van der Waals surface area (Å²) in [5.41, 5.74) is 5.87. The predicted octanol–water partition coefficient (Wildman–Crippen LogP) is 7.68. The Bertz CT molecular complexity index is 2310. The summed E-state index contributed by atoms with van der Waals surface area (Å²) >= 11 is 0. The first-order valence-corrected chi connectivity index (χ1v) is 15.5. The van der Waals surface area contributed by atoms with Crippen LogP contribution in [-0.2, 0) is 13.5 Å². The summed E-state index contributed by atoms with van der Waals surface area (Å²) in [7, 11) is 1.67. The van der Waals surface area contributed by atoms with Crippen LogP contribution in [0.3, 0.4) is 0 Å². The molecule has 1 amide bonds. The van der Waals surface area contributed by atoms with Crippen LogP contribution in [0.4, 0.5) is 4.39 Å². The highest BCUT2D eigenvalue weighted by Gasteiger charge is 2.30. The van der Waals surface area contributed by atoms with E-state index in [1.54, 1.807) is 37.4 Å². The third-order valence-corrected chi connectivity index (χ3v) is 8.83. The third kappa shape index (κ3) is 5.57. The third-order valence-electron chi connectivity index (χ3n) is 8.83. The number of H-pyrrole nitrogens is 1. The molecule has 0 fully saturated rings. The number of aromatic nitrogens is 2. The van der Waals surface area contributed by atoms with Gasteiger partial charge >= 0.3 is 0 Å². The van der Waals surface area contributed by atoms with Crippen LogP contribution in [0.15, 0.2) is 132 Å². The summed E-state index contributed by atoms with van der Waals surface area (Å²) in [5, 5.41) is 16.2. The fraction of sp³-hybridized carbons (Fsp3) is 0.100. The maximum Gasteiger partial charge on any atom is 0.258 e. The monoisotopic (exact) mass is 621 g/mol. The molecule has 7 aromatic rings. The lowest BCUT2D eigenvalue weighted by atomic mass is 9.85. The van der Waals surface area contributed by atoms with Crippen molar-refractivity contribution in [2.75, 3.05) is 6.54 Å². The molecule has 1 unspecified atom stereocenters. The molecule has 0 aliphatic heterocycles. The number of hydrogen-bond acceptors (Lipinski definition) is 3. The van der Waals surface area contributed by atoms with Gasteiger partial charge in [0.2, 0.25) is 0 Å². The van der Waals surface area contributed by atoms with Crippen molar-refractivity contribution < 1.29 is 14.3 Å². The number of carbonyl (C=O) groups is 1. The number of carbonyl (C=O) groups excluding carboxylic acids is 1. The molecule has 0 radical (unpaired) electrons. The van der Waals surface area contributed by atoms with Gasteiger partial charge in [-0.15, -0.1) is 0 Å². The fourth-order valence-electron chi connectivity index (χ4n) is 6.51. The van der Waals surface area contributed by atoms with Gasteiger partial charge in [-0.2, -0.15) is 0 Å². The number of benzene rings is 5. The minimum absolute atomic E-state index is 0.144. The maximum absolute atomic E-state index is 14.8. The number of nitrogens with one attached hydrogen (secondary N) is 2. The molecule has 232 valence electrons. The van der Waals surface area contributed by atoms with E-state index < -0.39 is 11.7 Å². The van der Waals surface area contributed by atoms with E-state index in [0.29, 0.717) is 40.7 Å². The number of pyridine rings is 1. The molecule has 0 spiro atoms. The van der Waals surface area contributed by atoms with Crippen LogP contribution in [-0.4, -0.2) is 27.1 Å². The number of aromatic amines is 1. The second-order valence-electron chi connectivity index (χ2n) is 11.6. The normalized spacial score (nSPS) is 12.0. The van der Waals surface area contributed by atoms with Gasteiger partial charge in [0.15, 0.2) is 0 Å². The Balaban J connectivity index is 1.27. The Labute approximate surface area is 270 Å². The van der Waals surface area contributed by atoms with Gasteiger partial charge in [-0.25, -0.2) is 4.39 Å². The first-order chi connectivity index (χ1) is 22.9. The zero-order valence-corrected chi connectivity index (χ0v) is 25.7. The predicted molar refractivity (Wildman–Crippen MR) is 184 cm³/mol. The van der Waals surface area contributed by atoms with E-state index >= 15 is 0 Å². The summed E-state index contributed by atoms with van der Waals surface area (Å²) in [4.78, 5) is 30.7. The van der Waals surface area contributed by atoms with Gasteiger partial charge in [0.1, 0.15) is 11.6 Å². The molecule has 0 aliphatic carbocycles. The van der Waals surface area contributed by atoms with E-state index in [9.17, 15) is 19.1 Å². The quantitative estimate of drug-likeness (QED) is 0.163. The standard InChI is InChI=1S/C40H32FN3O3/c1-44-34-17-8-6-15-32(34)38(45)36(40(44)47)35(28-12-9-13-29(41)24-28)37-31(30-14-5-7-16-33(30)43-37)22-23-42-39(46)27-20-18-26(19-21-27)25-10-3-2-4-11-25/h2-21,24,35,43,45H,22-23H2,1H3,(H,42,46). The smallest absolute Gasteiger partial charge is 0.258 e. The minimum atomic E-state index is -0.822. The SMILES string of the molecule is Cn1c(=O)c(C(c2cccc(F)c2)c2[nH]c3ccccc3c2CCNC(=O)c2ccc(-c3ccccc3)cc2)c(O)c2ccccc21. The zero-order chi connectivity index (χ0) is 32.5. The van der Waals surface area contributed by atoms with Crippen LogP contribution >= 0.6 is 0 Å². The molecular weight excluding hydrogens is 589 g/mol. The van der Waals surface area contributed by atoms with Gasteiger partial charge in [0, 0.05) is 41.1 Å². The van der Waals surface area contributed by atoms with Crippen LogP contribution < -0.4 is 10.9 Å². The Morgan fingerprint density at radius 1 is 0.830 bits per heavy atom. The van der Waals surface area contributed by atoms with Gasteiger partial charge in [0.05, 0.1) is 17.0 Å². The number of amides is 1. The zero-order valence-electron chi connectivity index (χ0n) is 25.7. The summed E-state index contributed by atoms with van der Waals surface area (Å²) in [6.07, 6.45) is 0.424. The maximum atomic E-state index is 14.8. The highest BCUT2D eigenvalue weighted by atomic mass is 19.1. The van der Waals surface area contributed by atoms with Crippen LogP contribution in [0.25, 0.3) is 32.9 Å². The minimum Gasteiger partial charge on any atom is -0.507 e. The van der Waals surface area contributed by atoms with Gasteiger partial charge < -0.3 is 20.0 Å². The molecule has 6 nitrogen and oxygen atoms in total. The summed E-state index contributed by atoms with van der Waals surface area (Å²) < 4.78 is 16.3. The van der Waals surface area contributed by atoms with Gasteiger partial charge in [-0.3, -0.25) is 9.59 Å². The van der Waals surface area contributed by atoms with Crippen molar-refractivity contribution in [1.82, 2.24) is 14.9 Å². The van der Waals surface area contributed by atoms with Crippen molar-refractivity contribution in [2.45, 2.75) is 12.3 Å². The van der Waals surface area contributed by atoms with Crippen molar-refractivity contribution in [2.24, 2.45) is 7.05 Å². The summed E-state index contributed by atoms with van der Waals surface area (Å²) in [6, 6.07) is 38.5. The molecular formula is C40H32FN3O3. The number of hydrogen-bond donors (Lipinski definition) is 3. The van der Waals surface area contributed by atoms with Crippen LogP contribution in [0.2, 0.25) is 0 Å². The van der Waals surface area contributed by atoms with E-state index in [1.165, 1.54) is 16.7 Å². The molecule has 7 heteroatoms. The van der Waals surface area contributed by atoms with Gasteiger partial charge in [-0.05, 0) is 71.1 Å². The first kappa shape index (κ1) is 29.7. The Hall–Kier alpha value is -5.95. The largest absolute Gasteiger partial charge is 0.507 e. The Kier molecular flexibility index (Phi) is 7.88. The van der Waals surface area contributed by atoms with E-state index in [1.807, 2.05) is 84.9 Å². The van der Waals surface area contributed by atoms with Crippen LogP contribution in [0.5, 0.6) is 5.75 Å². The second-order valence-corrected chi connectivity index (χ2v) is 11.6. The molecule has 3 N–H and O–H groups in total. The molecule has 0 saturated carbocycles. The Morgan fingerprint density at radius 3 is 2.28 bits per heavy atom. The van der Waals surface area contributed by atoms with Crippen molar-refractivity contribution >= 4 is 27.7 Å². The van der Waals surface area contributed by atoms with E-state index in [4.69, 9.17) is 0 Å². The molecule has 1 atom stereocenters. The lowest BCUT2D eigenvalue weighted by Gasteiger charge is -2.22. The number of aromatic hydroxyl groups is 1. The van der Waals surface area contributed by atoms with Crippen LogP contribution in [0.1, 0.15) is 38.7 Å². The lowest BCUT2D eigenvalue weighted by molar-refractivity contribution is 0.0954. The van der Waals surface area contributed by atoms with Crippen molar-refractivity contribution in [3.63, 3.8) is 0 Å². The van der Waals surface area contributed by atoms with Crippen LogP contribution in [0, 0.1) is 5.82 Å². The van der Waals surface area contributed by atoms with E-state index in [0.717, 1.165) is 27.6 Å². The Morgan fingerprint density at radius 2 is 1.51 bits per heavy atom. The highest BCUT2D eigenvalue weighted by Crippen LogP contribution is 2.41. The number of fused-ring (bicyclic) bond motifs is 2. The average molecular weight is 622 g/mol. The van der Waals surface area contributed by atoms with Crippen molar-refractivity contribution in [1.29, 1.82) is 0 Å². The van der Waals surface area contributed by atoms with Gasteiger partial charge in [0.25, 0.3) is 11.5 Å². The van der Waals surface area contributed by atoms with Crippen molar-refractivity contribution in [3.8, 4) is 16.9 Å². The van der Waals surface area contributed by atoms with E-state index in [2.05, 4.69) is 10.3 Å². The highest BCUT2D eigenvalue weighted by molar-refractivity contribution is 5.95. The molecule has 0 saturated heterocycles. The fourth-order valence-corrected chi connectivity index (χ4v) is 6.51. The van der Waals surface area contributed by atoms with Crippen molar-refractivity contribution in [3.05, 3.63) is 172 Å². The number of rotatable bonds is 8. The molecule has 0 aliphatic rings. The van der Waals surface area contributed by atoms with E-state index in [-0.39, 0.29) is 22.8 Å². The van der Waals surface area contributed by atoms with Gasteiger partial charge in [-0.1, -0.05) is 84.9 Å². The molecule has 2 heterocycles. The lowest BCUT2D eigenvalue weighted by Crippen LogP contribution is -2.27. The summed E-state index contributed by atoms with van der Waals surface area (Å²) in [5.74, 6) is -1.62. The second kappa shape index (κ2) is 12.4. The average Bonchev–Trinajstić information content (AvgIpc) is 3.47. The number of aryl methyl sites for hydroxylation is 1. The molecule has 2 aromatic heterocycles. The first-order valence-electron chi connectivity index (χ1n) is 15.5. The number of para-hydroxylation sites is 2. The number of nitrogens with zero attached hydrogens (tertiary/aromatic N) is 1.